The van der Waals surface area contributed by atoms with Gasteiger partial charge >= 0.3 is 6.18 Å². The Balaban J connectivity index is 1.12. The second kappa shape index (κ2) is 8.14. The first-order chi connectivity index (χ1) is 18.0. The molecule has 7 rings (SSSR count). The maximum Gasteiger partial charge on any atom is 0.394 e. The second-order valence-electron chi connectivity index (χ2n) is 12.0. The van der Waals surface area contributed by atoms with Crippen molar-refractivity contribution < 1.29 is 13.2 Å². The highest BCUT2D eigenvalue weighted by atomic mass is 35.5. The van der Waals surface area contributed by atoms with Crippen LogP contribution in [0.15, 0.2) is 30.6 Å². The van der Waals surface area contributed by atoms with E-state index in [1.54, 1.807) is 12.4 Å². The van der Waals surface area contributed by atoms with Crippen LogP contribution in [0.1, 0.15) is 61.4 Å². The molecular weight excluding hydrogens is 515 g/mol. The molecule has 7 nitrogen and oxygen atoms in total. The van der Waals surface area contributed by atoms with Gasteiger partial charge < -0.3 is 4.90 Å². The van der Waals surface area contributed by atoms with Gasteiger partial charge in [0, 0.05) is 54.4 Å². The van der Waals surface area contributed by atoms with Crippen LogP contribution in [0.3, 0.4) is 0 Å². The van der Waals surface area contributed by atoms with Crippen LogP contribution in [0.25, 0.3) is 5.69 Å². The van der Waals surface area contributed by atoms with Gasteiger partial charge in [0.05, 0.1) is 23.3 Å². The van der Waals surface area contributed by atoms with Gasteiger partial charge in [0.1, 0.15) is 11.6 Å². The first-order valence-corrected chi connectivity index (χ1v) is 13.5. The summed E-state index contributed by atoms with van der Waals surface area (Å²) in [5.41, 5.74) is 1.56. The van der Waals surface area contributed by atoms with Crippen LogP contribution >= 0.6 is 11.6 Å². The van der Waals surface area contributed by atoms with E-state index in [2.05, 4.69) is 34.5 Å². The van der Waals surface area contributed by atoms with Gasteiger partial charge in [-0.3, -0.25) is 14.5 Å². The summed E-state index contributed by atoms with van der Waals surface area (Å²) in [4.78, 5) is 13.3. The zero-order valence-electron chi connectivity index (χ0n) is 21.3. The van der Waals surface area contributed by atoms with Gasteiger partial charge in [0.15, 0.2) is 5.82 Å². The standard InChI is InChI=1S/C27H29ClF3N7/c1-16-23(33-6-5-32-16)37-14-26(15-37)8-18(9-26)24-35-34-22-13-36(20-10-25(2,11-20)27(29,30)31)12-17-7-19(28)3-4-21(17)38(22)24/h3-7,18,20H,8-15H2,1-2H3. The van der Waals surface area contributed by atoms with Crippen LogP contribution in [0.5, 0.6) is 0 Å². The van der Waals surface area contributed by atoms with Crippen molar-refractivity contribution in [2.45, 2.75) is 70.8 Å². The molecule has 4 aliphatic rings. The first-order valence-electron chi connectivity index (χ1n) is 13.1. The molecule has 0 atom stereocenters. The van der Waals surface area contributed by atoms with Crippen molar-refractivity contribution in [2.24, 2.45) is 10.8 Å². The monoisotopic (exact) mass is 543 g/mol. The largest absolute Gasteiger partial charge is 0.394 e. The summed E-state index contributed by atoms with van der Waals surface area (Å²) in [6, 6.07) is 5.63. The number of alkyl halides is 3. The summed E-state index contributed by atoms with van der Waals surface area (Å²) >= 11 is 6.37. The molecule has 0 amide bonds. The molecule has 4 heterocycles. The minimum absolute atomic E-state index is 0.0975. The molecule has 0 bridgehead atoms. The highest BCUT2D eigenvalue weighted by Gasteiger charge is 2.60. The Labute approximate surface area is 224 Å². The van der Waals surface area contributed by atoms with Crippen molar-refractivity contribution >= 4 is 17.4 Å². The van der Waals surface area contributed by atoms with Gasteiger partial charge in [0.2, 0.25) is 0 Å². The lowest BCUT2D eigenvalue weighted by atomic mass is 9.57. The highest BCUT2D eigenvalue weighted by molar-refractivity contribution is 6.30. The predicted octanol–water partition coefficient (Wildman–Crippen LogP) is 5.45. The highest BCUT2D eigenvalue weighted by Crippen LogP contribution is 2.57. The lowest BCUT2D eigenvalue weighted by molar-refractivity contribution is -0.258. The van der Waals surface area contributed by atoms with Crippen LogP contribution in [0.2, 0.25) is 5.02 Å². The Morgan fingerprint density at radius 2 is 1.74 bits per heavy atom. The third kappa shape index (κ3) is 3.66. The number of hydrogen-bond acceptors (Lipinski definition) is 6. The fourth-order valence-corrected chi connectivity index (χ4v) is 7.29. The van der Waals surface area contributed by atoms with Crippen molar-refractivity contribution in [3.63, 3.8) is 0 Å². The fourth-order valence-electron chi connectivity index (χ4n) is 7.09. The van der Waals surface area contributed by atoms with E-state index >= 15 is 0 Å². The molecule has 2 saturated carbocycles. The van der Waals surface area contributed by atoms with Crippen molar-refractivity contribution in [2.75, 3.05) is 18.0 Å². The van der Waals surface area contributed by atoms with E-state index in [0.717, 1.165) is 60.3 Å². The molecule has 38 heavy (non-hydrogen) atoms. The third-order valence-corrected chi connectivity index (χ3v) is 9.49. The van der Waals surface area contributed by atoms with E-state index < -0.39 is 11.6 Å². The van der Waals surface area contributed by atoms with Gasteiger partial charge in [-0.25, -0.2) is 4.98 Å². The minimum atomic E-state index is -4.19. The molecule has 3 fully saturated rings. The van der Waals surface area contributed by atoms with Crippen molar-refractivity contribution in [1.82, 2.24) is 29.6 Å². The van der Waals surface area contributed by atoms with Crippen molar-refractivity contribution in [3.05, 3.63) is 58.5 Å². The zero-order chi connectivity index (χ0) is 26.4. The molecule has 1 aromatic carbocycles. The van der Waals surface area contributed by atoms with Gasteiger partial charge in [-0.15, -0.1) is 10.2 Å². The number of anilines is 1. The summed E-state index contributed by atoms with van der Waals surface area (Å²) in [5, 5.41) is 9.83. The minimum Gasteiger partial charge on any atom is -0.354 e. The summed E-state index contributed by atoms with van der Waals surface area (Å²) in [6.45, 7) is 6.25. The van der Waals surface area contributed by atoms with E-state index in [4.69, 9.17) is 11.6 Å². The van der Waals surface area contributed by atoms with E-state index in [0.29, 0.717) is 18.1 Å². The lowest BCUT2D eigenvalue weighted by Gasteiger charge is -2.59. The number of aromatic nitrogens is 5. The summed E-state index contributed by atoms with van der Waals surface area (Å²) in [5.74, 6) is 2.97. The maximum absolute atomic E-state index is 13.5. The molecule has 1 saturated heterocycles. The number of nitrogens with zero attached hydrogens (tertiary/aromatic N) is 7. The van der Waals surface area contributed by atoms with Crippen LogP contribution in [-0.2, 0) is 13.1 Å². The molecular formula is C27H29ClF3N7. The summed E-state index contributed by atoms with van der Waals surface area (Å²) < 4.78 is 42.8. The average molecular weight is 544 g/mol. The number of benzene rings is 1. The van der Waals surface area contributed by atoms with Crippen molar-refractivity contribution in [3.8, 4) is 5.69 Å². The third-order valence-electron chi connectivity index (χ3n) is 9.26. The molecule has 1 spiro atoms. The SMILES string of the molecule is Cc1nccnc1N1CC2(CC(c3nnc4n3-c3ccc(Cl)cc3CN(C3CC(C)(C(F)(F)F)C3)C4)C2)C1. The molecule has 0 radical (unpaired) electrons. The van der Waals surface area contributed by atoms with Gasteiger partial charge in [-0.2, -0.15) is 13.2 Å². The topological polar surface area (TPSA) is 63.0 Å². The number of halogens is 4. The van der Waals surface area contributed by atoms with E-state index in [1.165, 1.54) is 6.92 Å². The molecule has 200 valence electrons. The first kappa shape index (κ1) is 24.3. The van der Waals surface area contributed by atoms with Gasteiger partial charge in [0.25, 0.3) is 0 Å². The normalized spacial score (nSPS) is 26.7. The zero-order valence-corrected chi connectivity index (χ0v) is 22.1. The maximum atomic E-state index is 13.5. The summed E-state index contributed by atoms with van der Waals surface area (Å²) in [6.07, 6.45) is 1.52. The quantitative estimate of drug-likeness (QED) is 0.438. The Kier molecular flexibility index (Phi) is 5.21. The lowest BCUT2D eigenvalue weighted by Crippen LogP contribution is -2.62. The Morgan fingerprint density at radius 3 is 2.45 bits per heavy atom. The van der Waals surface area contributed by atoms with Gasteiger partial charge in [-0.1, -0.05) is 18.5 Å². The van der Waals surface area contributed by atoms with Crippen LogP contribution < -0.4 is 4.90 Å². The number of rotatable bonds is 3. The van der Waals surface area contributed by atoms with Gasteiger partial charge in [-0.05, 0) is 56.4 Å². The molecule has 11 heteroatoms. The number of fused-ring (bicyclic) bond motifs is 3. The van der Waals surface area contributed by atoms with Crippen LogP contribution in [0.4, 0.5) is 19.0 Å². The predicted molar refractivity (Wildman–Crippen MR) is 136 cm³/mol. The number of hydrogen-bond donors (Lipinski definition) is 0. The molecule has 0 N–H and O–H groups in total. The smallest absolute Gasteiger partial charge is 0.354 e. The van der Waals surface area contributed by atoms with E-state index in [1.807, 2.05) is 25.1 Å². The average Bonchev–Trinajstić information content (AvgIpc) is 3.10. The molecule has 0 unspecified atom stereocenters. The van der Waals surface area contributed by atoms with Crippen molar-refractivity contribution in [1.29, 1.82) is 0 Å². The van der Waals surface area contributed by atoms with E-state index in [-0.39, 0.29) is 30.2 Å². The summed E-state index contributed by atoms with van der Waals surface area (Å²) in [7, 11) is 0. The Morgan fingerprint density at radius 1 is 1.00 bits per heavy atom. The molecule has 3 aromatic rings. The Bertz CT molecular complexity index is 1400. The molecule has 2 aromatic heterocycles. The Hall–Kier alpha value is -2.72. The van der Waals surface area contributed by atoms with E-state index in [9.17, 15) is 13.2 Å². The second-order valence-corrected chi connectivity index (χ2v) is 12.5. The number of aryl methyl sites for hydroxylation is 1. The molecule has 2 aliphatic carbocycles. The fraction of sp³-hybridized carbons (Fsp3) is 0.556. The van der Waals surface area contributed by atoms with Crippen LogP contribution in [0, 0.1) is 17.8 Å². The molecule has 2 aliphatic heterocycles. The van der Waals surface area contributed by atoms with Crippen LogP contribution in [-0.4, -0.2) is 54.9 Å².